The molecule has 2 atom stereocenters. The average Bonchev–Trinajstić information content (AvgIpc) is 2.85. The van der Waals surface area contributed by atoms with Crippen LogP contribution in [0.25, 0.3) is 0 Å². The Morgan fingerprint density at radius 2 is 2.00 bits per heavy atom. The lowest BCUT2D eigenvalue weighted by molar-refractivity contribution is -0.138. The van der Waals surface area contributed by atoms with E-state index in [9.17, 15) is 4.79 Å². The first kappa shape index (κ1) is 15.8. The van der Waals surface area contributed by atoms with Crippen LogP contribution < -0.4 is 4.74 Å². The second-order valence-electron chi connectivity index (χ2n) is 6.16. The smallest absolute Gasteiger partial charge is 0.303 e. The number of carboxylic acids is 1. The zero-order valence-electron chi connectivity index (χ0n) is 13.1. The van der Waals surface area contributed by atoms with Gasteiger partial charge in [-0.05, 0) is 57.4 Å². The molecule has 21 heavy (non-hydrogen) atoms. The van der Waals surface area contributed by atoms with Crippen LogP contribution in [-0.2, 0) is 4.79 Å². The Balaban J connectivity index is 1.94. The Hall–Kier alpha value is -1.55. The van der Waals surface area contributed by atoms with E-state index in [1.54, 1.807) is 0 Å². The summed E-state index contributed by atoms with van der Waals surface area (Å²) >= 11 is 0. The second-order valence-corrected chi connectivity index (χ2v) is 6.16. The molecule has 1 N–H and O–H groups in total. The molecule has 1 aromatic rings. The Kier molecular flexibility index (Phi) is 5.23. The predicted octanol–water partition coefficient (Wildman–Crippen LogP) is 3.33. The van der Waals surface area contributed by atoms with Crippen LogP contribution in [0.1, 0.15) is 45.2 Å². The van der Waals surface area contributed by atoms with Gasteiger partial charge in [-0.1, -0.05) is 12.1 Å². The minimum atomic E-state index is -0.690. The fourth-order valence-corrected chi connectivity index (χ4v) is 2.94. The maximum atomic E-state index is 10.8. The van der Waals surface area contributed by atoms with Crippen LogP contribution in [0, 0.1) is 5.92 Å². The molecule has 0 amide bonds. The first-order chi connectivity index (χ1) is 9.95. The van der Waals surface area contributed by atoms with E-state index in [0.717, 1.165) is 25.3 Å². The van der Waals surface area contributed by atoms with Crippen LogP contribution in [0.2, 0.25) is 0 Å². The molecule has 1 fully saturated rings. The van der Waals surface area contributed by atoms with Gasteiger partial charge in [0.25, 0.3) is 0 Å². The highest BCUT2D eigenvalue weighted by atomic mass is 16.5. The van der Waals surface area contributed by atoms with Crippen LogP contribution in [0.4, 0.5) is 0 Å². The van der Waals surface area contributed by atoms with Gasteiger partial charge in [-0.15, -0.1) is 0 Å². The van der Waals surface area contributed by atoms with Crippen LogP contribution >= 0.6 is 0 Å². The van der Waals surface area contributed by atoms with Crippen molar-refractivity contribution in [3.8, 4) is 5.75 Å². The lowest BCUT2D eigenvalue weighted by atomic mass is 10.0. The van der Waals surface area contributed by atoms with E-state index >= 15 is 0 Å². The van der Waals surface area contributed by atoms with Crippen molar-refractivity contribution >= 4 is 5.97 Å². The lowest BCUT2D eigenvalue weighted by Crippen LogP contribution is -2.25. The third kappa shape index (κ3) is 4.46. The van der Waals surface area contributed by atoms with Crippen LogP contribution in [0.3, 0.4) is 0 Å². The third-order valence-electron chi connectivity index (χ3n) is 4.06. The number of carbonyl (C=O) groups is 1. The van der Waals surface area contributed by atoms with Crippen molar-refractivity contribution in [3.63, 3.8) is 0 Å². The summed E-state index contributed by atoms with van der Waals surface area (Å²) in [6.07, 6.45) is 1.44. The molecule has 1 heterocycles. The summed E-state index contributed by atoms with van der Waals surface area (Å²) < 4.78 is 5.66. The number of hydrogen-bond donors (Lipinski definition) is 1. The number of benzene rings is 1. The lowest BCUT2D eigenvalue weighted by Gasteiger charge is -2.25. The first-order valence-electron chi connectivity index (χ1n) is 7.68. The average molecular weight is 291 g/mol. The van der Waals surface area contributed by atoms with Crippen molar-refractivity contribution in [2.24, 2.45) is 5.92 Å². The van der Waals surface area contributed by atoms with Crippen molar-refractivity contribution in [2.45, 2.75) is 45.8 Å². The fraction of sp³-hybridized carbons (Fsp3) is 0.588. The SMILES string of the molecule is CC(C)Oc1ccc(C(C)N2CCC(CC(=O)O)C2)cc1. The highest BCUT2D eigenvalue weighted by Crippen LogP contribution is 2.29. The quantitative estimate of drug-likeness (QED) is 0.873. The molecule has 1 aliphatic rings. The zero-order valence-corrected chi connectivity index (χ0v) is 13.1. The molecule has 116 valence electrons. The van der Waals surface area contributed by atoms with E-state index < -0.39 is 5.97 Å². The molecular weight excluding hydrogens is 266 g/mol. The maximum Gasteiger partial charge on any atom is 0.303 e. The van der Waals surface area contributed by atoms with Gasteiger partial charge >= 0.3 is 5.97 Å². The Bertz CT molecular complexity index is 469. The molecule has 0 aromatic heterocycles. The van der Waals surface area contributed by atoms with Gasteiger partial charge in [0.2, 0.25) is 0 Å². The van der Waals surface area contributed by atoms with Crippen LogP contribution in [-0.4, -0.2) is 35.2 Å². The highest BCUT2D eigenvalue weighted by Gasteiger charge is 2.28. The molecule has 0 radical (unpaired) electrons. The molecule has 0 saturated carbocycles. The largest absolute Gasteiger partial charge is 0.491 e. The van der Waals surface area contributed by atoms with Crippen molar-refractivity contribution < 1.29 is 14.6 Å². The van der Waals surface area contributed by atoms with Gasteiger partial charge in [0.15, 0.2) is 0 Å². The molecule has 4 heteroatoms. The number of aliphatic carboxylic acids is 1. The number of carboxylic acid groups (broad SMARTS) is 1. The highest BCUT2D eigenvalue weighted by molar-refractivity contribution is 5.67. The monoisotopic (exact) mass is 291 g/mol. The van der Waals surface area contributed by atoms with Gasteiger partial charge in [0.1, 0.15) is 5.75 Å². The summed E-state index contributed by atoms with van der Waals surface area (Å²) in [6, 6.07) is 8.55. The molecule has 2 unspecified atom stereocenters. The molecule has 1 saturated heterocycles. The summed E-state index contributed by atoms with van der Waals surface area (Å²) in [5.74, 6) is 0.490. The van der Waals surface area contributed by atoms with Crippen molar-refractivity contribution in [2.75, 3.05) is 13.1 Å². The zero-order chi connectivity index (χ0) is 15.4. The van der Waals surface area contributed by atoms with E-state index in [0.29, 0.717) is 6.04 Å². The number of likely N-dealkylation sites (tertiary alicyclic amines) is 1. The fourth-order valence-electron chi connectivity index (χ4n) is 2.94. The Morgan fingerprint density at radius 3 is 2.57 bits per heavy atom. The van der Waals surface area contributed by atoms with Gasteiger partial charge in [-0.3, -0.25) is 9.69 Å². The Labute approximate surface area is 126 Å². The molecule has 1 aromatic carbocycles. The summed E-state index contributed by atoms with van der Waals surface area (Å²) in [6.45, 7) is 8.06. The van der Waals surface area contributed by atoms with Crippen LogP contribution in [0.15, 0.2) is 24.3 Å². The van der Waals surface area contributed by atoms with Crippen LogP contribution in [0.5, 0.6) is 5.75 Å². The van der Waals surface area contributed by atoms with E-state index in [-0.39, 0.29) is 18.4 Å². The Morgan fingerprint density at radius 1 is 1.33 bits per heavy atom. The summed E-state index contributed by atoms with van der Waals surface area (Å²) in [7, 11) is 0. The molecule has 1 aliphatic heterocycles. The maximum absolute atomic E-state index is 10.8. The van der Waals surface area contributed by atoms with Crippen molar-refractivity contribution in [1.82, 2.24) is 4.90 Å². The standard InChI is InChI=1S/C17H25NO3/c1-12(2)21-16-6-4-15(5-7-16)13(3)18-9-8-14(11-18)10-17(19)20/h4-7,12-14H,8-11H2,1-3H3,(H,19,20). The summed E-state index contributed by atoms with van der Waals surface area (Å²) in [5.41, 5.74) is 1.25. The molecule has 2 rings (SSSR count). The number of nitrogens with zero attached hydrogens (tertiary/aromatic N) is 1. The molecule has 4 nitrogen and oxygen atoms in total. The van der Waals surface area contributed by atoms with E-state index in [1.807, 2.05) is 26.0 Å². The first-order valence-corrected chi connectivity index (χ1v) is 7.68. The topological polar surface area (TPSA) is 49.8 Å². The number of hydrogen-bond acceptors (Lipinski definition) is 3. The predicted molar refractivity (Wildman–Crippen MR) is 82.6 cm³/mol. The van der Waals surface area contributed by atoms with Gasteiger partial charge in [0.05, 0.1) is 6.10 Å². The molecular formula is C17H25NO3. The normalized spacial score (nSPS) is 20.7. The summed E-state index contributed by atoms with van der Waals surface area (Å²) in [4.78, 5) is 13.2. The van der Waals surface area contributed by atoms with E-state index in [1.165, 1.54) is 5.56 Å². The van der Waals surface area contributed by atoms with E-state index in [2.05, 4.69) is 24.0 Å². The van der Waals surface area contributed by atoms with Gasteiger partial charge in [0, 0.05) is 19.0 Å². The summed E-state index contributed by atoms with van der Waals surface area (Å²) in [5, 5.41) is 8.89. The van der Waals surface area contributed by atoms with Crippen molar-refractivity contribution in [1.29, 1.82) is 0 Å². The third-order valence-corrected chi connectivity index (χ3v) is 4.06. The molecule has 0 aliphatic carbocycles. The van der Waals surface area contributed by atoms with Crippen molar-refractivity contribution in [3.05, 3.63) is 29.8 Å². The number of rotatable bonds is 6. The molecule has 0 bridgehead atoms. The van der Waals surface area contributed by atoms with E-state index in [4.69, 9.17) is 9.84 Å². The molecule has 0 spiro atoms. The second kappa shape index (κ2) is 6.94. The minimum absolute atomic E-state index is 0.184. The van der Waals surface area contributed by atoms with Gasteiger partial charge in [-0.2, -0.15) is 0 Å². The van der Waals surface area contributed by atoms with Gasteiger partial charge in [-0.25, -0.2) is 0 Å². The van der Waals surface area contributed by atoms with Gasteiger partial charge < -0.3 is 9.84 Å². The minimum Gasteiger partial charge on any atom is -0.491 e. The number of ether oxygens (including phenoxy) is 1.